The Labute approximate surface area is 70.7 Å². The zero-order valence-electron chi connectivity index (χ0n) is 8.01. The van der Waals surface area contributed by atoms with Gasteiger partial charge in [-0.15, -0.1) is 0 Å². The summed E-state index contributed by atoms with van der Waals surface area (Å²) in [7, 11) is 0. The molecule has 1 rings (SSSR count). The molecule has 0 nitrogen and oxygen atoms in total. The van der Waals surface area contributed by atoms with Gasteiger partial charge in [0.15, 0.2) is 0 Å². The number of rotatable bonds is 4. The van der Waals surface area contributed by atoms with E-state index in [1.165, 1.54) is 19.3 Å². The van der Waals surface area contributed by atoms with Crippen molar-refractivity contribution in [1.82, 2.24) is 0 Å². The van der Waals surface area contributed by atoms with E-state index < -0.39 is 0 Å². The van der Waals surface area contributed by atoms with E-state index in [4.69, 9.17) is 0 Å². The molecule has 0 saturated heterocycles. The number of hydrogen-bond acceptors (Lipinski definition) is 0. The van der Waals surface area contributed by atoms with Crippen LogP contribution in [0.5, 0.6) is 0 Å². The lowest BCUT2D eigenvalue weighted by Crippen LogP contribution is -2.17. The fraction of sp³-hybridized carbons (Fsp3) is 0.818. The van der Waals surface area contributed by atoms with Crippen molar-refractivity contribution < 1.29 is 0 Å². The predicted octanol–water partition coefficient (Wildman–Crippen LogP) is 3.63. The molecule has 0 aromatic heterocycles. The second-order valence-corrected chi connectivity index (χ2v) is 4.13. The molecule has 0 radical (unpaired) electrons. The van der Waals surface area contributed by atoms with Crippen LogP contribution in [0.2, 0.25) is 0 Å². The van der Waals surface area contributed by atoms with E-state index in [1.807, 2.05) is 0 Å². The molecule has 0 aromatic carbocycles. The monoisotopic (exact) mass is 152 g/mol. The van der Waals surface area contributed by atoms with E-state index >= 15 is 0 Å². The molecule has 0 aliphatic heterocycles. The Morgan fingerprint density at radius 1 is 1.45 bits per heavy atom. The summed E-state index contributed by atoms with van der Waals surface area (Å²) in [5.41, 5.74) is 0. The molecule has 0 bridgehead atoms. The Morgan fingerprint density at radius 3 is 2.36 bits per heavy atom. The maximum atomic E-state index is 2.39. The maximum absolute atomic E-state index is 2.39. The molecule has 0 heteroatoms. The first-order chi connectivity index (χ1) is 5.24. The lowest BCUT2D eigenvalue weighted by atomic mass is 9.77. The quantitative estimate of drug-likeness (QED) is 0.539. The Kier molecular flexibility index (Phi) is 3.16. The minimum Gasteiger partial charge on any atom is -0.0876 e. The van der Waals surface area contributed by atoms with Crippen LogP contribution in [0.4, 0.5) is 0 Å². The predicted molar refractivity (Wildman–Crippen MR) is 50.5 cm³/mol. The summed E-state index contributed by atoms with van der Waals surface area (Å²) in [5.74, 6) is 2.75. The Balaban J connectivity index is 2.30. The van der Waals surface area contributed by atoms with Gasteiger partial charge in [0, 0.05) is 0 Å². The minimum absolute atomic E-state index is 0.869. The number of hydrogen-bond donors (Lipinski definition) is 0. The first kappa shape index (κ1) is 8.83. The van der Waals surface area contributed by atoms with Crippen LogP contribution in [-0.4, -0.2) is 0 Å². The van der Waals surface area contributed by atoms with Gasteiger partial charge in [-0.05, 0) is 30.6 Å². The van der Waals surface area contributed by atoms with Crippen molar-refractivity contribution >= 4 is 0 Å². The third-order valence-electron chi connectivity index (χ3n) is 2.70. The molecule has 0 amide bonds. The highest BCUT2D eigenvalue weighted by Gasteiger charge is 2.21. The van der Waals surface area contributed by atoms with E-state index in [9.17, 15) is 0 Å². The minimum atomic E-state index is 0.869. The van der Waals surface area contributed by atoms with E-state index in [0.29, 0.717) is 0 Å². The van der Waals surface area contributed by atoms with Crippen LogP contribution in [0, 0.1) is 17.8 Å². The molecule has 0 heterocycles. The van der Waals surface area contributed by atoms with Gasteiger partial charge in [0.25, 0.3) is 0 Å². The second-order valence-electron chi connectivity index (χ2n) is 4.13. The van der Waals surface area contributed by atoms with Crippen molar-refractivity contribution in [3.8, 4) is 0 Å². The first-order valence-corrected chi connectivity index (χ1v) is 4.90. The molecular formula is C11H20. The summed E-state index contributed by atoms with van der Waals surface area (Å²) in [4.78, 5) is 0. The summed E-state index contributed by atoms with van der Waals surface area (Å²) < 4.78 is 0. The topological polar surface area (TPSA) is 0 Å². The first-order valence-electron chi connectivity index (χ1n) is 4.90. The van der Waals surface area contributed by atoms with Crippen LogP contribution in [0.3, 0.4) is 0 Å². The molecule has 0 saturated carbocycles. The molecule has 0 fully saturated rings. The van der Waals surface area contributed by atoms with Gasteiger partial charge in [-0.25, -0.2) is 0 Å². The maximum Gasteiger partial charge on any atom is -0.0171 e. The average molecular weight is 152 g/mol. The van der Waals surface area contributed by atoms with Gasteiger partial charge in [-0.1, -0.05) is 39.3 Å². The van der Waals surface area contributed by atoms with Crippen LogP contribution < -0.4 is 0 Å². The van der Waals surface area contributed by atoms with E-state index in [1.54, 1.807) is 0 Å². The third kappa shape index (κ3) is 2.36. The highest BCUT2D eigenvalue weighted by Crippen LogP contribution is 2.32. The molecule has 2 unspecified atom stereocenters. The summed E-state index contributed by atoms with van der Waals surface area (Å²) in [5, 5.41) is 0. The van der Waals surface area contributed by atoms with Crippen LogP contribution in [0.1, 0.15) is 40.0 Å². The molecule has 2 atom stereocenters. The Hall–Kier alpha value is -0.260. The van der Waals surface area contributed by atoms with Crippen molar-refractivity contribution in [3.05, 3.63) is 12.2 Å². The van der Waals surface area contributed by atoms with Crippen molar-refractivity contribution in [1.29, 1.82) is 0 Å². The van der Waals surface area contributed by atoms with E-state index in [2.05, 4.69) is 32.9 Å². The van der Waals surface area contributed by atoms with Gasteiger partial charge in [0.1, 0.15) is 0 Å². The van der Waals surface area contributed by atoms with Gasteiger partial charge in [0.05, 0.1) is 0 Å². The lowest BCUT2D eigenvalue weighted by molar-refractivity contribution is 0.302. The highest BCUT2D eigenvalue weighted by atomic mass is 14.3. The summed E-state index contributed by atoms with van der Waals surface area (Å²) in [6, 6.07) is 0. The Bertz CT molecular complexity index is 133. The van der Waals surface area contributed by atoms with E-state index in [-0.39, 0.29) is 0 Å². The molecular weight excluding hydrogens is 132 g/mol. The summed E-state index contributed by atoms with van der Waals surface area (Å²) in [6.45, 7) is 6.97. The third-order valence-corrected chi connectivity index (χ3v) is 2.70. The van der Waals surface area contributed by atoms with Crippen molar-refractivity contribution in [2.75, 3.05) is 0 Å². The lowest BCUT2D eigenvalue weighted by Gasteiger charge is -2.28. The SMILES string of the molecule is CCC(CC(C)C)C1C=CC1. The molecule has 0 N–H and O–H groups in total. The van der Waals surface area contributed by atoms with Crippen molar-refractivity contribution in [3.63, 3.8) is 0 Å². The van der Waals surface area contributed by atoms with Gasteiger partial charge in [-0.2, -0.15) is 0 Å². The zero-order valence-corrected chi connectivity index (χ0v) is 8.01. The fourth-order valence-electron chi connectivity index (χ4n) is 1.89. The van der Waals surface area contributed by atoms with Crippen LogP contribution in [0.15, 0.2) is 12.2 Å². The molecule has 1 aliphatic carbocycles. The zero-order chi connectivity index (χ0) is 8.27. The van der Waals surface area contributed by atoms with Gasteiger partial charge < -0.3 is 0 Å². The Morgan fingerprint density at radius 2 is 2.09 bits per heavy atom. The average Bonchev–Trinajstić information content (AvgIpc) is 1.81. The van der Waals surface area contributed by atoms with Crippen LogP contribution in [-0.2, 0) is 0 Å². The molecule has 0 spiro atoms. The van der Waals surface area contributed by atoms with Crippen molar-refractivity contribution in [2.24, 2.45) is 17.8 Å². The molecule has 1 aliphatic rings. The summed E-state index contributed by atoms with van der Waals surface area (Å²) in [6.07, 6.45) is 8.79. The fourth-order valence-corrected chi connectivity index (χ4v) is 1.89. The highest BCUT2D eigenvalue weighted by molar-refractivity contribution is 5.04. The normalized spacial score (nSPS) is 25.3. The second kappa shape index (κ2) is 3.94. The smallest absolute Gasteiger partial charge is 0.0171 e. The largest absolute Gasteiger partial charge is 0.0876 e. The molecule has 0 aromatic rings. The van der Waals surface area contributed by atoms with Crippen LogP contribution in [0.25, 0.3) is 0 Å². The molecule has 11 heavy (non-hydrogen) atoms. The standard InChI is InChI=1S/C11H20/c1-4-10(8-9(2)3)11-6-5-7-11/h5-6,9-11H,4,7-8H2,1-3H3. The van der Waals surface area contributed by atoms with Crippen LogP contribution >= 0.6 is 0 Å². The van der Waals surface area contributed by atoms with Gasteiger partial charge in [0.2, 0.25) is 0 Å². The van der Waals surface area contributed by atoms with Crippen molar-refractivity contribution in [2.45, 2.75) is 40.0 Å². The van der Waals surface area contributed by atoms with Gasteiger partial charge >= 0.3 is 0 Å². The van der Waals surface area contributed by atoms with E-state index in [0.717, 1.165) is 17.8 Å². The number of allylic oxidation sites excluding steroid dienone is 2. The van der Waals surface area contributed by atoms with Gasteiger partial charge in [-0.3, -0.25) is 0 Å². The molecule has 64 valence electrons. The summed E-state index contributed by atoms with van der Waals surface area (Å²) >= 11 is 0.